The van der Waals surface area contributed by atoms with Crippen LogP contribution in [0.2, 0.25) is 0 Å². The standard InChI is InChI=1S/C18H17NO5/c1-19-16(20)11-24-17(21)12-23-15-9-7-14(8-10-15)18(22)13-5-3-2-4-6-13/h2-10H,11-12H2,1H3,(H,19,20). The van der Waals surface area contributed by atoms with Gasteiger partial charge in [-0.3, -0.25) is 9.59 Å². The minimum absolute atomic E-state index is 0.0906. The summed E-state index contributed by atoms with van der Waals surface area (Å²) >= 11 is 0. The summed E-state index contributed by atoms with van der Waals surface area (Å²) in [6, 6.07) is 15.4. The fourth-order valence-corrected chi connectivity index (χ4v) is 1.86. The highest BCUT2D eigenvalue weighted by Crippen LogP contribution is 2.15. The van der Waals surface area contributed by atoms with Crippen LogP contribution in [0.25, 0.3) is 0 Å². The molecule has 0 saturated heterocycles. The highest BCUT2D eigenvalue weighted by Gasteiger charge is 2.10. The van der Waals surface area contributed by atoms with Crippen molar-refractivity contribution in [2.75, 3.05) is 20.3 Å². The lowest BCUT2D eigenvalue weighted by Crippen LogP contribution is -2.26. The fraction of sp³-hybridized carbons (Fsp3) is 0.167. The van der Waals surface area contributed by atoms with Gasteiger partial charge in [0.2, 0.25) is 0 Å². The van der Waals surface area contributed by atoms with Crippen LogP contribution in [0.1, 0.15) is 15.9 Å². The molecule has 0 heterocycles. The Morgan fingerprint density at radius 1 is 0.875 bits per heavy atom. The predicted octanol–water partition coefficient (Wildman–Crippen LogP) is 1.59. The van der Waals surface area contributed by atoms with Gasteiger partial charge in [0.05, 0.1) is 0 Å². The van der Waals surface area contributed by atoms with Gasteiger partial charge in [0.15, 0.2) is 19.0 Å². The molecule has 24 heavy (non-hydrogen) atoms. The van der Waals surface area contributed by atoms with Crippen LogP contribution in [0.4, 0.5) is 0 Å². The van der Waals surface area contributed by atoms with Crippen molar-refractivity contribution in [1.82, 2.24) is 5.32 Å². The highest BCUT2D eigenvalue weighted by molar-refractivity contribution is 6.08. The minimum atomic E-state index is -0.650. The average Bonchev–Trinajstić information content (AvgIpc) is 2.64. The molecule has 0 bridgehead atoms. The Bertz CT molecular complexity index is 710. The molecule has 2 aromatic rings. The third-order valence-electron chi connectivity index (χ3n) is 3.15. The van der Waals surface area contributed by atoms with Gasteiger partial charge in [-0.25, -0.2) is 4.79 Å². The zero-order valence-electron chi connectivity index (χ0n) is 13.2. The van der Waals surface area contributed by atoms with Gasteiger partial charge in [-0.05, 0) is 24.3 Å². The number of carbonyl (C=O) groups is 3. The van der Waals surface area contributed by atoms with E-state index in [2.05, 4.69) is 5.32 Å². The summed E-state index contributed by atoms with van der Waals surface area (Å²) in [6.07, 6.45) is 0. The van der Waals surface area contributed by atoms with E-state index in [0.29, 0.717) is 16.9 Å². The van der Waals surface area contributed by atoms with E-state index in [1.54, 1.807) is 48.5 Å². The van der Waals surface area contributed by atoms with Gasteiger partial charge in [-0.2, -0.15) is 0 Å². The molecule has 0 spiro atoms. The number of nitrogens with one attached hydrogen (secondary N) is 1. The summed E-state index contributed by atoms with van der Waals surface area (Å²) in [5.74, 6) is -0.709. The molecule has 0 aromatic heterocycles. The van der Waals surface area contributed by atoms with Crippen molar-refractivity contribution in [1.29, 1.82) is 0 Å². The quantitative estimate of drug-likeness (QED) is 0.617. The maximum Gasteiger partial charge on any atom is 0.344 e. The van der Waals surface area contributed by atoms with E-state index in [1.807, 2.05) is 6.07 Å². The Labute approximate surface area is 139 Å². The SMILES string of the molecule is CNC(=O)COC(=O)COc1ccc(C(=O)c2ccccc2)cc1. The molecule has 0 saturated carbocycles. The second kappa shape index (κ2) is 8.47. The molecule has 0 unspecified atom stereocenters. The molecule has 124 valence electrons. The number of esters is 1. The summed E-state index contributed by atoms with van der Waals surface area (Å²) < 4.78 is 9.96. The molecule has 1 amide bonds. The predicted molar refractivity (Wildman–Crippen MR) is 86.8 cm³/mol. The van der Waals surface area contributed by atoms with E-state index < -0.39 is 11.9 Å². The van der Waals surface area contributed by atoms with E-state index in [-0.39, 0.29) is 19.0 Å². The van der Waals surface area contributed by atoms with Crippen molar-refractivity contribution in [3.63, 3.8) is 0 Å². The molecule has 2 aromatic carbocycles. The number of benzene rings is 2. The van der Waals surface area contributed by atoms with Gasteiger partial charge in [0, 0.05) is 18.2 Å². The molecule has 6 heteroatoms. The Balaban J connectivity index is 1.87. The molecule has 1 N–H and O–H groups in total. The summed E-state index contributed by atoms with van der Waals surface area (Å²) in [5, 5.41) is 2.34. The van der Waals surface area contributed by atoms with Crippen LogP contribution >= 0.6 is 0 Å². The lowest BCUT2D eigenvalue weighted by molar-refractivity contribution is -0.150. The van der Waals surface area contributed by atoms with Gasteiger partial charge in [-0.15, -0.1) is 0 Å². The number of amides is 1. The van der Waals surface area contributed by atoms with Gasteiger partial charge in [-0.1, -0.05) is 30.3 Å². The van der Waals surface area contributed by atoms with E-state index >= 15 is 0 Å². The van der Waals surface area contributed by atoms with Crippen LogP contribution in [-0.2, 0) is 14.3 Å². The first-order chi connectivity index (χ1) is 11.6. The van der Waals surface area contributed by atoms with E-state index in [0.717, 1.165) is 0 Å². The first-order valence-electron chi connectivity index (χ1n) is 7.29. The highest BCUT2D eigenvalue weighted by atomic mass is 16.6. The fourth-order valence-electron chi connectivity index (χ4n) is 1.86. The number of carbonyl (C=O) groups excluding carboxylic acids is 3. The number of hydrogen-bond donors (Lipinski definition) is 1. The number of hydrogen-bond acceptors (Lipinski definition) is 5. The topological polar surface area (TPSA) is 81.7 Å². The van der Waals surface area contributed by atoms with Crippen LogP contribution in [0.3, 0.4) is 0 Å². The Kier molecular flexibility index (Phi) is 6.08. The molecular weight excluding hydrogens is 310 g/mol. The van der Waals surface area contributed by atoms with Crippen molar-refractivity contribution >= 4 is 17.7 Å². The van der Waals surface area contributed by atoms with E-state index in [4.69, 9.17) is 9.47 Å². The lowest BCUT2D eigenvalue weighted by atomic mass is 10.0. The smallest absolute Gasteiger partial charge is 0.344 e. The Hall–Kier alpha value is -3.15. The maximum absolute atomic E-state index is 12.2. The second-order valence-corrected chi connectivity index (χ2v) is 4.84. The van der Waals surface area contributed by atoms with Gasteiger partial charge < -0.3 is 14.8 Å². The first-order valence-corrected chi connectivity index (χ1v) is 7.29. The molecule has 0 aliphatic rings. The van der Waals surface area contributed by atoms with Crippen molar-refractivity contribution in [2.45, 2.75) is 0 Å². The maximum atomic E-state index is 12.2. The molecule has 0 aliphatic carbocycles. The Morgan fingerprint density at radius 2 is 1.50 bits per heavy atom. The van der Waals surface area contributed by atoms with Crippen LogP contribution in [0, 0.1) is 0 Å². The lowest BCUT2D eigenvalue weighted by Gasteiger charge is -2.07. The largest absolute Gasteiger partial charge is 0.482 e. The molecule has 0 radical (unpaired) electrons. The Morgan fingerprint density at radius 3 is 2.12 bits per heavy atom. The van der Waals surface area contributed by atoms with Crippen molar-refractivity contribution in [3.05, 3.63) is 65.7 Å². The molecule has 0 fully saturated rings. The van der Waals surface area contributed by atoms with Crippen molar-refractivity contribution in [3.8, 4) is 5.75 Å². The molecule has 0 atom stereocenters. The molecule has 2 rings (SSSR count). The van der Waals surface area contributed by atoms with Crippen LogP contribution in [-0.4, -0.2) is 37.9 Å². The third-order valence-corrected chi connectivity index (χ3v) is 3.15. The van der Waals surface area contributed by atoms with Crippen LogP contribution in [0.5, 0.6) is 5.75 Å². The second-order valence-electron chi connectivity index (χ2n) is 4.84. The van der Waals surface area contributed by atoms with Gasteiger partial charge >= 0.3 is 5.97 Å². The number of ketones is 1. The van der Waals surface area contributed by atoms with Gasteiger partial charge in [0.1, 0.15) is 5.75 Å². The summed E-state index contributed by atoms with van der Waals surface area (Å²) in [5.41, 5.74) is 1.12. The van der Waals surface area contributed by atoms with Gasteiger partial charge in [0.25, 0.3) is 5.91 Å². The number of rotatable bonds is 7. The first kappa shape index (κ1) is 17.2. The molecule has 0 aliphatic heterocycles. The monoisotopic (exact) mass is 327 g/mol. The number of likely N-dealkylation sites (N-methyl/N-ethyl adjacent to an activating group) is 1. The summed E-state index contributed by atoms with van der Waals surface area (Å²) in [6.45, 7) is -0.661. The van der Waals surface area contributed by atoms with Crippen molar-refractivity contribution < 1.29 is 23.9 Å². The summed E-state index contributed by atoms with van der Waals surface area (Å²) in [7, 11) is 1.45. The van der Waals surface area contributed by atoms with Crippen LogP contribution in [0.15, 0.2) is 54.6 Å². The zero-order valence-corrected chi connectivity index (χ0v) is 13.2. The molecule has 6 nitrogen and oxygen atoms in total. The van der Waals surface area contributed by atoms with Crippen molar-refractivity contribution in [2.24, 2.45) is 0 Å². The van der Waals surface area contributed by atoms with E-state index in [1.165, 1.54) is 7.05 Å². The number of ether oxygens (including phenoxy) is 2. The van der Waals surface area contributed by atoms with E-state index in [9.17, 15) is 14.4 Å². The molecular formula is C18H17NO5. The minimum Gasteiger partial charge on any atom is -0.482 e. The third kappa shape index (κ3) is 4.95. The average molecular weight is 327 g/mol. The zero-order chi connectivity index (χ0) is 17.4. The summed E-state index contributed by atoms with van der Waals surface area (Å²) in [4.78, 5) is 34.6. The normalized spacial score (nSPS) is 9.88. The van der Waals surface area contributed by atoms with Crippen LogP contribution < -0.4 is 10.1 Å².